The molecule has 3 aromatic rings. The van der Waals surface area contributed by atoms with E-state index in [-0.39, 0.29) is 24.0 Å². The van der Waals surface area contributed by atoms with Gasteiger partial charge in [0, 0.05) is 12.7 Å². The average molecular weight is 299 g/mol. The molecule has 22 heavy (non-hydrogen) atoms. The van der Waals surface area contributed by atoms with Gasteiger partial charge in [-0.2, -0.15) is 0 Å². The third-order valence-corrected chi connectivity index (χ3v) is 3.38. The van der Waals surface area contributed by atoms with Crippen molar-refractivity contribution in [3.05, 3.63) is 53.4 Å². The molecule has 1 amide bonds. The SMILES string of the molecule is Cc1cc(CNC(=O)c2ncnc3c(N)c[nH]c23)ccc1F. The van der Waals surface area contributed by atoms with E-state index in [2.05, 4.69) is 20.3 Å². The lowest BCUT2D eigenvalue weighted by atomic mass is 10.1. The van der Waals surface area contributed by atoms with Crippen molar-refractivity contribution in [3.8, 4) is 0 Å². The predicted molar refractivity (Wildman–Crippen MR) is 80.6 cm³/mol. The van der Waals surface area contributed by atoms with Gasteiger partial charge in [-0.3, -0.25) is 4.79 Å². The lowest BCUT2D eigenvalue weighted by Gasteiger charge is -2.07. The van der Waals surface area contributed by atoms with Gasteiger partial charge in [-0.1, -0.05) is 12.1 Å². The highest BCUT2D eigenvalue weighted by Crippen LogP contribution is 2.19. The smallest absolute Gasteiger partial charge is 0.272 e. The second-order valence-corrected chi connectivity index (χ2v) is 4.96. The number of carbonyl (C=O) groups excluding carboxylic acids is 1. The van der Waals surface area contributed by atoms with E-state index in [1.165, 1.54) is 12.4 Å². The van der Waals surface area contributed by atoms with Crippen LogP contribution in [0.4, 0.5) is 10.1 Å². The van der Waals surface area contributed by atoms with Crippen molar-refractivity contribution in [3.63, 3.8) is 0 Å². The zero-order valence-corrected chi connectivity index (χ0v) is 11.9. The summed E-state index contributed by atoms with van der Waals surface area (Å²) in [5.74, 6) is -0.620. The molecule has 0 bridgehead atoms. The van der Waals surface area contributed by atoms with Gasteiger partial charge in [-0.15, -0.1) is 0 Å². The number of halogens is 1. The monoisotopic (exact) mass is 299 g/mol. The Balaban J connectivity index is 1.80. The van der Waals surface area contributed by atoms with Gasteiger partial charge in [-0.05, 0) is 24.1 Å². The number of anilines is 1. The van der Waals surface area contributed by atoms with Gasteiger partial charge >= 0.3 is 0 Å². The van der Waals surface area contributed by atoms with Crippen LogP contribution in [-0.4, -0.2) is 20.9 Å². The molecule has 7 heteroatoms. The molecule has 4 N–H and O–H groups in total. The molecular weight excluding hydrogens is 285 g/mol. The first-order valence-corrected chi connectivity index (χ1v) is 6.67. The lowest BCUT2D eigenvalue weighted by Crippen LogP contribution is -2.24. The Morgan fingerprint density at radius 2 is 2.23 bits per heavy atom. The maximum atomic E-state index is 13.2. The van der Waals surface area contributed by atoms with Crippen molar-refractivity contribution in [1.29, 1.82) is 0 Å². The van der Waals surface area contributed by atoms with Crippen molar-refractivity contribution in [2.45, 2.75) is 13.5 Å². The van der Waals surface area contributed by atoms with Crippen molar-refractivity contribution in [2.75, 3.05) is 5.73 Å². The minimum Gasteiger partial charge on any atom is -0.396 e. The van der Waals surface area contributed by atoms with Crippen LogP contribution in [0.5, 0.6) is 0 Å². The fraction of sp³-hybridized carbons (Fsp3) is 0.133. The number of rotatable bonds is 3. The van der Waals surface area contributed by atoms with Crippen LogP contribution in [0.15, 0.2) is 30.7 Å². The number of nitrogen functional groups attached to an aromatic ring is 1. The third kappa shape index (κ3) is 2.48. The fourth-order valence-electron chi connectivity index (χ4n) is 2.21. The van der Waals surface area contributed by atoms with E-state index in [9.17, 15) is 9.18 Å². The van der Waals surface area contributed by atoms with Crippen molar-refractivity contribution in [1.82, 2.24) is 20.3 Å². The highest BCUT2D eigenvalue weighted by molar-refractivity contribution is 6.05. The van der Waals surface area contributed by atoms with E-state index in [1.54, 1.807) is 25.3 Å². The minimum absolute atomic E-state index is 0.223. The van der Waals surface area contributed by atoms with Gasteiger partial charge in [0.05, 0.1) is 11.2 Å². The molecule has 0 aliphatic heterocycles. The standard InChI is InChI=1S/C15H14FN5O/c1-8-4-9(2-3-10(8)16)5-19-15(22)14-13-12(20-7-21-14)11(17)6-18-13/h2-4,6-7,18H,5,17H2,1H3,(H,19,22). The Hall–Kier alpha value is -2.96. The van der Waals surface area contributed by atoms with Crippen molar-refractivity contribution in [2.24, 2.45) is 0 Å². The molecule has 0 saturated heterocycles. The maximum Gasteiger partial charge on any atom is 0.272 e. The first-order valence-electron chi connectivity index (χ1n) is 6.67. The van der Waals surface area contributed by atoms with Crippen LogP contribution in [0.25, 0.3) is 11.0 Å². The number of fused-ring (bicyclic) bond motifs is 1. The van der Waals surface area contributed by atoms with E-state index < -0.39 is 0 Å². The summed E-state index contributed by atoms with van der Waals surface area (Å²) in [6, 6.07) is 4.70. The molecule has 0 saturated carbocycles. The van der Waals surface area contributed by atoms with E-state index in [4.69, 9.17) is 5.73 Å². The largest absolute Gasteiger partial charge is 0.396 e. The zero-order chi connectivity index (χ0) is 15.7. The first-order chi connectivity index (χ1) is 10.6. The molecule has 0 atom stereocenters. The van der Waals surface area contributed by atoms with Gasteiger partial charge in [0.15, 0.2) is 5.69 Å². The maximum absolute atomic E-state index is 13.2. The van der Waals surface area contributed by atoms with Crippen molar-refractivity contribution < 1.29 is 9.18 Å². The molecule has 0 aliphatic rings. The van der Waals surface area contributed by atoms with Crippen molar-refractivity contribution >= 4 is 22.6 Å². The number of aromatic amines is 1. The van der Waals surface area contributed by atoms with Gasteiger partial charge < -0.3 is 16.0 Å². The highest BCUT2D eigenvalue weighted by atomic mass is 19.1. The number of aryl methyl sites for hydroxylation is 1. The second-order valence-electron chi connectivity index (χ2n) is 4.96. The number of benzene rings is 1. The Kier molecular flexibility index (Phi) is 3.46. The third-order valence-electron chi connectivity index (χ3n) is 3.38. The summed E-state index contributed by atoms with van der Waals surface area (Å²) >= 11 is 0. The number of nitrogens with two attached hydrogens (primary N) is 1. The summed E-state index contributed by atoms with van der Waals surface area (Å²) in [7, 11) is 0. The number of hydrogen-bond donors (Lipinski definition) is 3. The molecule has 2 heterocycles. The molecule has 0 unspecified atom stereocenters. The summed E-state index contributed by atoms with van der Waals surface area (Å²) in [6.45, 7) is 1.96. The number of nitrogens with zero attached hydrogens (tertiary/aromatic N) is 2. The van der Waals surface area contributed by atoms with Gasteiger partial charge in [-0.25, -0.2) is 14.4 Å². The number of aromatic nitrogens is 3. The molecule has 1 aromatic carbocycles. The number of nitrogens with one attached hydrogen (secondary N) is 2. The van der Waals surface area contributed by atoms with E-state index in [1.807, 2.05) is 0 Å². The fourth-order valence-corrected chi connectivity index (χ4v) is 2.21. The molecule has 2 aromatic heterocycles. The van der Waals surface area contributed by atoms with Crippen LogP contribution in [0.2, 0.25) is 0 Å². The van der Waals surface area contributed by atoms with Crippen LogP contribution in [0.1, 0.15) is 21.6 Å². The van der Waals surface area contributed by atoms with E-state index in [0.29, 0.717) is 22.3 Å². The lowest BCUT2D eigenvalue weighted by molar-refractivity contribution is 0.0947. The molecule has 112 valence electrons. The van der Waals surface area contributed by atoms with Gasteiger partial charge in [0.25, 0.3) is 5.91 Å². The average Bonchev–Trinajstić information content (AvgIpc) is 2.90. The molecule has 3 rings (SSSR count). The number of carbonyl (C=O) groups is 1. The van der Waals surface area contributed by atoms with E-state index >= 15 is 0 Å². The van der Waals surface area contributed by atoms with Crippen LogP contribution in [0, 0.1) is 12.7 Å². The minimum atomic E-state index is -0.351. The molecule has 0 spiro atoms. The summed E-state index contributed by atoms with van der Waals surface area (Å²) < 4.78 is 13.2. The number of amides is 1. The Morgan fingerprint density at radius 1 is 1.41 bits per heavy atom. The summed E-state index contributed by atoms with van der Waals surface area (Å²) in [5.41, 5.74) is 8.78. The normalized spacial score (nSPS) is 10.8. The molecular formula is C15H14FN5O. The number of H-pyrrole nitrogens is 1. The Morgan fingerprint density at radius 3 is 3.00 bits per heavy atom. The summed E-state index contributed by atoms with van der Waals surface area (Å²) in [5, 5.41) is 2.75. The Labute approximate surface area is 125 Å². The second kappa shape index (κ2) is 5.44. The molecule has 0 radical (unpaired) electrons. The van der Waals surface area contributed by atoms with Gasteiger partial charge in [0.1, 0.15) is 17.7 Å². The first kappa shape index (κ1) is 14.0. The van der Waals surface area contributed by atoms with Crippen LogP contribution >= 0.6 is 0 Å². The molecule has 6 nitrogen and oxygen atoms in total. The predicted octanol–water partition coefficient (Wildman–Crippen LogP) is 1.92. The number of hydrogen-bond acceptors (Lipinski definition) is 4. The zero-order valence-electron chi connectivity index (χ0n) is 11.9. The van der Waals surface area contributed by atoms with E-state index in [0.717, 1.165) is 5.56 Å². The van der Waals surface area contributed by atoms with Crippen LogP contribution in [-0.2, 0) is 6.54 Å². The topological polar surface area (TPSA) is 96.7 Å². The van der Waals surface area contributed by atoms with Crippen LogP contribution in [0.3, 0.4) is 0 Å². The Bertz CT molecular complexity index is 858. The summed E-state index contributed by atoms with van der Waals surface area (Å²) in [6.07, 6.45) is 2.86. The van der Waals surface area contributed by atoms with Crippen LogP contribution < -0.4 is 11.1 Å². The van der Waals surface area contributed by atoms with Gasteiger partial charge in [0.2, 0.25) is 0 Å². The molecule has 0 fully saturated rings. The summed E-state index contributed by atoms with van der Waals surface area (Å²) in [4.78, 5) is 23.2. The molecule has 0 aliphatic carbocycles. The quantitative estimate of drug-likeness (QED) is 0.688. The highest BCUT2D eigenvalue weighted by Gasteiger charge is 2.15.